The van der Waals surface area contributed by atoms with Crippen LogP contribution in [0, 0.1) is 5.92 Å². The van der Waals surface area contributed by atoms with Gasteiger partial charge >= 0.3 is 0 Å². The molecule has 2 amide bonds. The Labute approximate surface area is 303 Å². The van der Waals surface area contributed by atoms with Gasteiger partial charge in [0.05, 0.1) is 17.2 Å². The Bertz CT molecular complexity index is 1820. The topological polar surface area (TPSA) is 96.0 Å². The van der Waals surface area contributed by atoms with Gasteiger partial charge in [-0.15, -0.1) is 11.8 Å². The summed E-state index contributed by atoms with van der Waals surface area (Å²) in [7, 11) is -4.31. The maximum Gasteiger partial charge on any atom is 0.264 e. The molecule has 0 heterocycles. The van der Waals surface area contributed by atoms with E-state index in [0.717, 1.165) is 14.8 Å². The van der Waals surface area contributed by atoms with Gasteiger partial charge in [0.15, 0.2) is 0 Å². The number of benzene rings is 4. The van der Waals surface area contributed by atoms with E-state index in [1.165, 1.54) is 28.8 Å². The molecule has 0 aliphatic heterocycles. The van der Waals surface area contributed by atoms with Crippen molar-refractivity contribution in [1.29, 1.82) is 0 Å². The van der Waals surface area contributed by atoms with Gasteiger partial charge in [-0.25, -0.2) is 8.42 Å². The fourth-order valence-corrected chi connectivity index (χ4v) is 7.44. The van der Waals surface area contributed by atoms with Crippen molar-refractivity contribution in [2.75, 3.05) is 30.3 Å². The molecule has 4 aromatic carbocycles. The van der Waals surface area contributed by atoms with E-state index in [9.17, 15) is 18.0 Å². The van der Waals surface area contributed by atoms with Gasteiger partial charge in [0.25, 0.3) is 10.0 Å². The van der Waals surface area contributed by atoms with Crippen LogP contribution in [0.2, 0.25) is 10.0 Å². The number of anilines is 1. The Balaban J connectivity index is 1.85. The van der Waals surface area contributed by atoms with Crippen LogP contribution in [0.4, 0.5) is 5.69 Å². The predicted molar refractivity (Wildman–Crippen MR) is 199 cm³/mol. The smallest absolute Gasteiger partial charge is 0.264 e. The number of halogens is 2. The largest absolute Gasteiger partial charge is 0.492 e. The van der Waals surface area contributed by atoms with Crippen LogP contribution in [0.3, 0.4) is 0 Å². The predicted octanol–water partition coefficient (Wildman–Crippen LogP) is 7.72. The lowest BCUT2D eigenvalue weighted by molar-refractivity contribution is -0.140. The molecule has 12 heteroatoms. The van der Waals surface area contributed by atoms with Crippen LogP contribution in [0.15, 0.2) is 107 Å². The van der Waals surface area contributed by atoms with Crippen molar-refractivity contribution in [2.45, 2.75) is 49.6 Å². The van der Waals surface area contributed by atoms with Crippen LogP contribution in [0.1, 0.15) is 31.9 Å². The Morgan fingerprint density at radius 2 is 1.59 bits per heavy atom. The average molecular weight is 743 g/mol. The van der Waals surface area contributed by atoms with E-state index < -0.39 is 28.5 Å². The Morgan fingerprint density at radius 1 is 0.918 bits per heavy atom. The van der Waals surface area contributed by atoms with Crippen molar-refractivity contribution in [3.05, 3.63) is 118 Å². The van der Waals surface area contributed by atoms with Gasteiger partial charge < -0.3 is 15.0 Å². The van der Waals surface area contributed by atoms with Crippen molar-refractivity contribution in [1.82, 2.24) is 10.2 Å². The van der Waals surface area contributed by atoms with Crippen LogP contribution in [-0.2, 0) is 32.6 Å². The minimum absolute atomic E-state index is 0.00668. The maximum absolute atomic E-state index is 14.8. The summed E-state index contributed by atoms with van der Waals surface area (Å²) < 4.78 is 35.8. The SMILES string of the molecule is CCOc1ccccc1N(CC(=O)N(Cc1ccc(Cl)cc1Cl)[C@@H](Cc1ccccc1)C(=O)NCC(C)C)S(=O)(=O)c1ccc(SC)cc1. The van der Waals surface area contributed by atoms with E-state index in [1.54, 1.807) is 61.5 Å². The first-order chi connectivity index (χ1) is 23.4. The standard InChI is InChI=1S/C37H41Cl2N3O5S2/c1-5-47-35-14-10-9-13-33(35)42(49(45,46)31-19-17-30(48-4)18-20-31)25-36(43)41(24-28-15-16-29(38)22-32(28)39)34(37(44)40-23-26(2)3)21-27-11-7-6-8-12-27/h6-20,22,26,34H,5,21,23-25H2,1-4H3,(H,40,44)/t34-/m0/s1. The quantitative estimate of drug-likeness (QED) is 0.118. The number of para-hydroxylation sites is 2. The molecule has 0 unspecified atom stereocenters. The third-order valence-electron chi connectivity index (χ3n) is 7.67. The van der Waals surface area contributed by atoms with E-state index in [1.807, 2.05) is 50.4 Å². The Morgan fingerprint density at radius 3 is 2.22 bits per heavy atom. The van der Waals surface area contributed by atoms with Gasteiger partial charge in [0.1, 0.15) is 18.3 Å². The lowest BCUT2D eigenvalue weighted by atomic mass is 10.0. The first kappa shape index (κ1) is 38.1. The number of hydrogen-bond acceptors (Lipinski definition) is 6. The minimum atomic E-state index is -4.31. The van der Waals surface area contributed by atoms with E-state index in [0.29, 0.717) is 27.9 Å². The minimum Gasteiger partial charge on any atom is -0.492 e. The van der Waals surface area contributed by atoms with Crippen molar-refractivity contribution >= 4 is 62.5 Å². The zero-order valence-electron chi connectivity index (χ0n) is 27.9. The van der Waals surface area contributed by atoms with Crippen molar-refractivity contribution in [2.24, 2.45) is 5.92 Å². The highest BCUT2D eigenvalue weighted by Crippen LogP contribution is 2.34. The number of thioether (sulfide) groups is 1. The number of carbonyl (C=O) groups is 2. The van der Waals surface area contributed by atoms with Gasteiger partial charge in [-0.05, 0) is 78.8 Å². The number of rotatable bonds is 16. The van der Waals surface area contributed by atoms with Gasteiger partial charge in [-0.2, -0.15) is 0 Å². The summed E-state index contributed by atoms with van der Waals surface area (Å²) in [4.78, 5) is 31.0. The molecule has 1 atom stereocenters. The van der Waals surface area contributed by atoms with E-state index >= 15 is 0 Å². The van der Waals surface area contributed by atoms with E-state index in [-0.39, 0.29) is 42.0 Å². The molecule has 0 fully saturated rings. The van der Waals surface area contributed by atoms with E-state index in [4.69, 9.17) is 27.9 Å². The van der Waals surface area contributed by atoms with Gasteiger partial charge in [0.2, 0.25) is 11.8 Å². The molecule has 49 heavy (non-hydrogen) atoms. The number of sulfonamides is 1. The molecule has 4 rings (SSSR count). The van der Waals surface area contributed by atoms with Gasteiger partial charge in [0, 0.05) is 34.5 Å². The van der Waals surface area contributed by atoms with Crippen LogP contribution in [0.5, 0.6) is 5.75 Å². The molecular weight excluding hydrogens is 701 g/mol. The van der Waals surface area contributed by atoms with Crippen molar-refractivity contribution in [3.8, 4) is 5.75 Å². The lowest BCUT2D eigenvalue weighted by Gasteiger charge is -2.34. The molecule has 0 aliphatic rings. The molecule has 1 N–H and O–H groups in total. The summed E-state index contributed by atoms with van der Waals surface area (Å²) in [5.74, 6) is -0.524. The first-order valence-corrected chi connectivity index (χ1v) is 19.3. The fourth-order valence-electron chi connectivity index (χ4n) is 5.14. The molecule has 0 aromatic heterocycles. The normalized spacial score (nSPS) is 12.0. The molecule has 260 valence electrons. The highest BCUT2D eigenvalue weighted by Gasteiger charge is 2.36. The molecule has 4 aromatic rings. The van der Waals surface area contributed by atoms with Crippen LogP contribution < -0.4 is 14.4 Å². The second kappa shape index (κ2) is 17.8. The zero-order chi connectivity index (χ0) is 35.6. The molecule has 0 saturated carbocycles. The number of nitrogens with one attached hydrogen (secondary N) is 1. The summed E-state index contributed by atoms with van der Waals surface area (Å²) in [5, 5.41) is 3.71. The van der Waals surface area contributed by atoms with Crippen LogP contribution in [-0.4, -0.2) is 57.1 Å². The molecule has 8 nitrogen and oxygen atoms in total. The lowest BCUT2D eigenvalue weighted by Crippen LogP contribution is -2.53. The van der Waals surface area contributed by atoms with Gasteiger partial charge in [-0.3, -0.25) is 13.9 Å². The molecule has 0 radical (unpaired) electrons. The third-order valence-corrected chi connectivity index (χ3v) is 10.8. The number of ether oxygens (including phenoxy) is 1. The second-order valence-corrected chi connectivity index (χ2v) is 15.3. The third kappa shape index (κ3) is 10.2. The summed E-state index contributed by atoms with van der Waals surface area (Å²) >= 11 is 14.3. The number of hydrogen-bond donors (Lipinski definition) is 1. The monoisotopic (exact) mass is 741 g/mol. The highest BCUT2D eigenvalue weighted by molar-refractivity contribution is 7.98. The van der Waals surface area contributed by atoms with Crippen LogP contribution in [0.25, 0.3) is 0 Å². The molecule has 0 bridgehead atoms. The Kier molecular flexibility index (Phi) is 13.8. The summed E-state index contributed by atoms with van der Waals surface area (Å²) in [6, 6.07) is 26.4. The average Bonchev–Trinajstić information content (AvgIpc) is 3.09. The number of amides is 2. The second-order valence-electron chi connectivity index (χ2n) is 11.7. The van der Waals surface area contributed by atoms with E-state index in [2.05, 4.69) is 5.32 Å². The number of carbonyl (C=O) groups excluding carboxylic acids is 2. The zero-order valence-corrected chi connectivity index (χ0v) is 31.1. The summed E-state index contributed by atoms with van der Waals surface area (Å²) in [6.45, 7) is 5.72. The van der Waals surface area contributed by atoms with Crippen molar-refractivity contribution in [3.63, 3.8) is 0 Å². The van der Waals surface area contributed by atoms with Gasteiger partial charge in [-0.1, -0.05) is 85.6 Å². The molecule has 0 spiro atoms. The highest BCUT2D eigenvalue weighted by atomic mass is 35.5. The summed E-state index contributed by atoms with van der Waals surface area (Å²) in [6.07, 6.45) is 2.08. The van der Waals surface area contributed by atoms with Crippen molar-refractivity contribution < 1.29 is 22.7 Å². The number of nitrogens with zero attached hydrogens (tertiary/aromatic N) is 2. The fraction of sp³-hybridized carbons (Fsp3) is 0.297. The molecule has 0 aliphatic carbocycles. The first-order valence-electron chi connectivity index (χ1n) is 15.9. The Hall–Kier alpha value is -3.70. The summed E-state index contributed by atoms with van der Waals surface area (Å²) in [5.41, 5.74) is 1.57. The van der Waals surface area contributed by atoms with Crippen LogP contribution >= 0.6 is 35.0 Å². The maximum atomic E-state index is 14.8. The molecular formula is C37H41Cl2N3O5S2. The molecule has 0 saturated heterocycles.